The van der Waals surface area contributed by atoms with Crippen LogP contribution in [-0.4, -0.2) is 43.2 Å². The van der Waals surface area contributed by atoms with Crippen LogP contribution in [0.5, 0.6) is 0 Å². The van der Waals surface area contributed by atoms with E-state index in [-0.39, 0.29) is 11.7 Å². The van der Waals surface area contributed by atoms with Gasteiger partial charge in [-0.25, -0.2) is 22.5 Å². The first-order valence-corrected chi connectivity index (χ1v) is 9.52. The quantitative estimate of drug-likeness (QED) is 0.832. The summed E-state index contributed by atoms with van der Waals surface area (Å²) < 4.78 is 31.0. The zero-order valence-corrected chi connectivity index (χ0v) is 15.4. The maximum absolute atomic E-state index is 12.4. The minimum atomic E-state index is -3.59. The molecule has 1 aliphatic heterocycles. The van der Waals surface area contributed by atoms with Crippen molar-refractivity contribution in [1.82, 2.24) is 9.62 Å². The van der Waals surface area contributed by atoms with E-state index in [0.29, 0.717) is 0 Å². The number of alkyl carbamates (subject to hydrolysis) is 1. The van der Waals surface area contributed by atoms with Crippen LogP contribution in [0.15, 0.2) is 22.5 Å². The van der Waals surface area contributed by atoms with E-state index in [4.69, 9.17) is 4.74 Å². The molecule has 1 atom stereocenters. The Hall–Kier alpha value is -1.61. The Morgan fingerprint density at radius 1 is 1.48 bits per heavy atom. The Morgan fingerprint density at radius 2 is 2.13 bits per heavy atom. The summed E-state index contributed by atoms with van der Waals surface area (Å²) in [5.74, 6) is -0.197. The molecular formula is C14H21N3O4S2. The maximum atomic E-state index is 12.4. The second-order valence-corrected chi connectivity index (χ2v) is 9.49. The number of thiophene rings is 1. The van der Waals surface area contributed by atoms with Crippen LogP contribution in [-0.2, 0) is 20.3 Å². The van der Waals surface area contributed by atoms with Crippen molar-refractivity contribution in [2.75, 3.05) is 12.8 Å². The Bertz CT molecular complexity index is 720. The van der Waals surface area contributed by atoms with E-state index in [1.54, 1.807) is 27.7 Å². The van der Waals surface area contributed by atoms with Crippen LogP contribution in [0.2, 0.25) is 0 Å². The van der Waals surface area contributed by atoms with Crippen LogP contribution < -0.4 is 5.32 Å². The number of aliphatic imine (C=N–C) groups is 1. The van der Waals surface area contributed by atoms with E-state index in [2.05, 4.69) is 10.3 Å². The van der Waals surface area contributed by atoms with Crippen molar-refractivity contribution in [3.63, 3.8) is 0 Å². The minimum Gasteiger partial charge on any atom is -0.444 e. The highest BCUT2D eigenvalue weighted by molar-refractivity contribution is 7.89. The van der Waals surface area contributed by atoms with Crippen LogP contribution in [0.25, 0.3) is 0 Å². The predicted molar refractivity (Wildman–Crippen MR) is 90.0 cm³/mol. The number of hydrogen-bond acceptors (Lipinski definition) is 6. The fraction of sp³-hybridized carbons (Fsp3) is 0.571. The highest BCUT2D eigenvalue weighted by atomic mass is 32.2. The number of rotatable bonds is 1. The van der Waals surface area contributed by atoms with Gasteiger partial charge in [0.05, 0.1) is 5.75 Å². The van der Waals surface area contributed by atoms with Crippen LogP contribution in [0.3, 0.4) is 0 Å². The van der Waals surface area contributed by atoms with Gasteiger partial charge in [0, 0.05) is 11.9 Å². The largest absolute Gasteiger partial charge is 0.444 e. The first-order valence-electron chi connectivity index (χ1n) is 7.03. The Balaban J connectivity index is 2.35. The van der Waals surface area contributed by atoms with Gasteiger partial charge in [-0.2, -0.15) is 0 Å². The molecule has 1 amide bonds. The molecule has 0 bridgehead atoms. The molecule has 9 heteroatoms. The average molecular weight is 359 g/mol. The molecule has 0 aliphatic carbocycles. The van der Waals surface area contributed by atoms with E-state index < -0.39 is 27.3 Å². The van der Waals surface area contributed by atoms with Crippen LogP contribution in [0.1, 0.15) is 32.6 Å². The zero-order valence-electron chi connectivity index (χ0n) is 13.8. The molecule has 7 nitrogen and oxygen atoms in total. The summed E-state index contributed by atoms with van der Waals surface area (Å²) >= 11 is 1.43. The van der Waals surface area contributed by atoms with Gasteiger partial charge < -0.3 is 4.74 Å². The molecule has 0 radical (unpaired) electrons. The fourth-order valence-electron chi connectivity index (χ4n) is 2.13. The number of amides is 1. The van der Waals surface area contributed by atoms with Crippen LogP contribution >= 0.6 is 11.3 Å². The van der Waals surface area contributed by atoms with Gasteiger partial charge in [-0.1, -0.05) is 6.07 Å². The normalized spacial score (nSPS) is 24.0. The molecule has 1 N–H and O–H groups in total. The van der Waals surface area contributed by atoms with Crippen molar-refractivity contribution < 1.29 is 17.9 Å². The standard InChI is InChI=1S/C14H21N3O4S2/c1-13(2,3)21-12(18)15-11-16-14(4,10-7-6-8-22-10)9-23(19,20)17(11)5/h6-8H,9H2,1-5H3,(H,15,16,18)/t14-/m0/s1. The van der Waals surface area contributed by atoms with Gasteiger partial charge in [0.25, 0.3) is 0 Å². The van der Waals surface area contributed by atoms with Gasteiger partial charge in [-0.05, 0) is 39.1 Å². The lowest BCUT2D eigenvalue weighted by Crippen LogP contribution is -2.53. The second-order valence-electron chi connectivity index (χ2n) is 6.54. The lowest BCUT2D eigenvalue weighted by Gasteiger charge is -2.35. The molecule has 2 rings (SSSR count). The zero-order chi connectivity index (χ0) is 17.5. The van der Waals surface area contributed by atoms with Gasteiger partial charge in [-0.15, -0.1) is 11.3 Å². The second kappa shape index (κ2) is 5.79. The summed E-state index contributed by atoms with van der Waals surface area (Å²) in [6, 6.07) is 3.67. The third-order valence-corrected chi connectivity index (χ3v) is 6.25. The Kier molecular flexibility index (Phi) is 4.46. The summed E-state index contributed by atoms with van der Waals surface area (Å²) in [7, 11) is -2.23. The fourth-order valence-corrected chi connectivity index (χ4v) is 4.53. The summed E-state index contributed by atoms with van der Waals surface area (Å²) in [5.41, 5.74) is -1.63. The number of hydrogen-bond donors (Lipinski definition) is 1. The van der Waals surface area contributed by atoms with Crippen LogP contribution in [0.4, 0.5) is 4.79 Å². The number of carbonyl (C=O) groups excluding carboxylic acids is 1. The van der Waals surface area contributed by atoms with Crippen molar-refractivity contribution >= 4 is 33.4 Å². The van der Waals surface area contributed by atoms with E-state index in [0.717, 1.165) is 9.18 Å². The monoisotopic (exact) mass is 359 g/mol. The third kappa shape index (κ3) is 4.03. The number of nitrogens with zero attached hydrogens (tertiary/aromatic N) is 2. The topological polar surface area (TPSA) is 88.1 Å². The number of ether oxygens (including phenoxy) is 1. The molecule has 0 saturated carbocycles. The summed E-state index contributed by atoms with van der Waals surface area (Å²) in [5, 5.41) is 4.30. The summed E-state index contributed by atoms with van der Waals surface area (Å²) in [6.07, 6.45) is -0.742. The molecule has 0 saturated heterocycles. The van der Waals surface area contributed by atoms with Gasteiger partial charge in [0.1, 0.15) is 11.1 Å². The number of guanidine groups is 1. The maximum Gasteiger partial charge on any atom is 0.414 e. The van der Waals surface area contributed by atoms with Crippen molar-refractivity contribution in [3.05, 3.63) is 22.4 Å². The van der Waals surface area contributed by atoms with Crippen molar-refractivity contribution in [1.29, 1.82) is 0 Å². The molecule has 128 valence electrons. The van der Waals surface area contributed by atoms with Gasteiger partial charge in [0.15, 0.2) is 0 Å². The molecule has 0 aromatic carbocycles. The van der Waals surface area contributed by atoms with Crippen molar-refractivity contribution in [2.24, 2.45) is 4.99 Å². The first-order chi connectivity index (χ1) is 10.4. The van der Waals surface area contributed by atoms with Gasteiger partial charge in [-0.3, -0.25) is 5.32 Å². The first kappa shape index (κ1) is 17.7. The van der Waals surface area contributed by atoms with Gasteiger partial charge in [0.2, 0.25) is 16.0 Å². The number of nitrogens with one attached hydrogen (secondary N) is 1. The molecule has 1 aliphatic rings. The summed E-state index contributed by atoms with van der Waals surface area (Å²) in [6.45, 7) is 6.92. The predicted octanol–water partition coefficient (Wildman–Crippen LogP) is 2.12. The molecule has 23 heavy (non-hydrogen) atoms. The molecular weight excluding hydrogens is 338 g/mol. The molecule has 0 unspecified atom stereocenters. The van der Waals surface area contributed by atoms with Crippen molar-refractivity contribution in [3.8, 4) is 0 Å². The average Bonchev–Trinajstić information content (AvgIpc) is 2.87. The van der Waals surface area contributed by atoms with Crippen molar-refractivity contribution in [2.45, 2.75) is 38.8 Å². The Morgan fingerprint density at radius 3 is 2.65 bits per heavy atom. The summed E-state index contributed by atoms with van der Waals surface area (Å²) in [4.78, 5) is 17.2. The van der Waals surface area contributed by atoms with E-state index in [1.807, 2.05) is 17.5 Å². The van der Waals surface area contributed by atoms with E-state index in [1.165, 1.54) is 18.4 Å². The number of carbonyl (C=O) groups is 1. The lowest BCUT2D eigenvalue weighted by atomic mass is 10.0. The molecule has 1 aromatic rings. The lowest BCUT2D eigenvalue weighted by molar-refractivity contribution is 0.0559. The van der Waals surface area contributed by atoms with Crippen LogP contribution in [0, 0.1) is 0 Å². The van der Waals surface area contributed by atoms with E-state index >= 15 is 0 Å². The molecule has 2 heterocycles. The highest BCUT2D eigenvalue weighted by Gasteiger charge is 2.42. The van der Waals surface area contributed by atoms with E-state index in [9.17, 15) is 13.2 Å². The molecule has 0 fully saturated rings. The highest BCUT2D eigenvalue weighted by Crippen LogP contribution is 2.34. The Labute approximate surface area is 140 Å². The smallest absolute Gasteiger partial charge is 0.414 e. The molecule has 0 spiro atoms. The SMILES string of the molecule is CN1C(NC(=O)OC(C)(C)C)=N[C@](C)(c2cccs2)CS1(=O)=O. The third-order valence-electron chi connectivity index (χ3n) is 3.20. The number of sulfonamides is 1. The minimum absolute atomic E-state index is 0.0404. The molecule has 1 aromatic heterocycles. The van der Waals surface area contributed by atoms with Gasteiger partial charge >= 0.3 is 6.09 Å².